The first-order valence-electron chi connectivity index (χ1n) is 5.70. The predicted octanol–water partition coefficient (Wildman–Crippen LogP) is 3.51. The lowest BCUT2D eigenvalue weighted by Gasteiger charge is -2.08. The minimum atomic E-state index is -1.03. The summed E-state index contributed by atoms with van der Waals surface area (Å²) in [5.74, 6) is -1.05. The van der Waals surface area contributed by atoms with Crippen molar-refractivity contribution in [2.45, 2.75) is 6.92 Å². The molecule has 19 heavy (non-hydrogen) atoms. The molecule has 0 aliphatic heterocycles. The number of carboxylic acid groups (broad SMARTS) is 1. The molecule has 4 heteroatoms. The molecule has 0 spiro atoms. The standard InChI is InChI=1S/C15H13FO3/c1-9-5-10(7-11(6-9)15(17)18)13-4-3-12(19-2)8-14(13)16/h3-8H,1-2H3,(H,17,18). The Morgan fingerprint density at radius 1 is 1.21 bits per heavy atom. The van der Waals surface area contributed by atoms with Gasteiger partial charge in [-0.25, -0.2) is 9.18 Å². The highest BCUT2D eigenvalue weighted by molar-refractivity contribution is 5.89. The van der Waals surface area contributed by atoms with Crippen molar-refractivity contribution >= 4 is 5.97 Å². The number of carboxylic acids is 1. The van der Waals surface area contributed by atoms with Crippen LogP contribution >= 0.6 is 0 Å². The Labute approximate surface area is 110 Å². The maximum absolute atomic E-state index is 14.0. The zero-order valence-electron chi connectivity index (χ0n) is 10.6. The van der Waals surface area contributed by atoms with Crippen LogP contribution in [0, 0.1) is 12.7 Å². The number of rotatable bonds is 3. The Hall–Kier alpha value is -2.36. The predicted molar refractivity (Wildman–Crippen MR) is 70.1 cm³/mol. The number of aromatic carboxylic acids is 1. The molecule has 0 aliphatic rings. The molecule has 0 fully saturated rings. The summed E-state index contributed by atoms with van der Waals surface area (Å²) in [6.07, 6.45) is 0. The summed E-state index contributed by atoms with van der Waals surface area (Å²) in [6.45, 7) is 1.78. The van der Waals surface area contributed by atoms with Crippen LogP contribution in [0.25, 0.3) is 11.1 Å². The fourth-order valence-corrected chi connectivity index (χ4v) is 1.92. The number of hydrogen-bond acceptors (Lipinski definition) is 2. The summed E-state index contributed by atoms with van der Waals surface area (Å²) >= 11 is 0. The molecule has 2 rings (SSSR count). The minimum absolute atomic E-state index is 0.144. The number of hydrogen-bond donors (Lipinski definition) is 1. The van der Waals surface area contributed by atoms with Crippen LogP contribution in [0.4, 0.5) is 4.39 Å². The normalized spacial score (nSPS) is 10.3. The van der Waals surface area contributed by atoms with E-state index in [0.717, 1.165) is 5.56 Å². The average molecular weight is 260 g/mol. The molecule has 0 aromatic heterocycles. The van der Waals surface area contributed by atoms with Crippen LogP contribution in [0.2, 0.25) is 0 Å². The molecule has 0 saturated carbocycles. The molecule has 0 bridgehead atoms. The van der Waals surface area contributed by atoms with Crippen molar-refractivity contribution in [3.63, 3.8) is 0 Å². The van der Waals surface area contributed by atoms with Crippen LogP contribution in [0.3, 0.4) is 0 Å². The van der Waals surface area contributed by atoms with Crippen molar-refractivity contribution in [2.24, 2.45) is 0 Å². The van der Waals surface area contributed by atoms with Crippen molar-refractivity contribution in [1.82, 2.24) is 0 Å². The molecule has 3 nitrogen and oxygen atoms in total. The van der Waals surface area contributed by atoms with Gasteiger partial charge in [-0.1, -0.05) is 6.07 Å². The zero-order valence-corrected chi connectivity index (χ0v) is 10.6. The number of benzene rings is 2. The Bertz CT molecular complexity index is 635. The second-order valence-electron chi connectivity index (χ2n) is 4.24. The van der Waals surface area contributed by atoms with Crippen LogP contribution in [0.5, 0.6) is 5.75 Å². The quantitative estimate of drug-likeness (QED) is 0.918. The van der Waals surface area contributed by atoms with Gasteiger partial charge in [-0.2, -0.15) is 0 Å². The molecule has 98 valence electrons. The lowest BCUT2D eigenvalue weighted by Crippen LogP contribution is -1.98. The molecule has 0 radical (unpaired) electrons. The highest BCUT2D eigenvalue weighted by atomic mass is 19.1. The van der Waals surface area contributed by atoms with Gasteiger partial charge in [0.05, 0.1) is 12.7 Å². The van der Waals surface area contributed by atoms with E-state index in [2.05, 4.69) is 0 Å². The molecular weight excluding hydrogens is 247 g/mol. The van der Waals surface area contributed by atoms with E-state index < -0.39 is 11.8 Å². The smallest absolute Gasteiger partial charge is 0.335 e. The highest BCUT2D eigenvalue weighted by Crippen LogP contribution is 2.27. The molecule has 2 aromatic rings. The number of halogens is 1. The van der Waals surface area contributed by atoms with Crippen LogP contribution in [-0.4, -0.2) is 18.2 Å². The lowest BCUT2D eigenvalue weighted by molar-refractivity contribution is 0.0697. The third-order valence-electron chi connectivity index (χ3n) is 2.81. The van der Waals surface area contributed by atoms with E-state index in [0.29, 0.717) is 16.9 Å². The molecule has 0 amide bonds. The molecular formula is C15H13FO3. The second-order valence-corrected chi connectivity index (χ2v) is 4.24. The van der Waals surface area contributed by atoms with E-state index in [1.165, 1.54) is 19.2 Å². The van der Waals surface area contributed by atoms with E-state index in [1.807, 2.05) is 0 Å². The fraction of sp³-hybridized carbons (Fsp3) is 0.133. The summed E-state index contributed by atoms with van der Waals surface area (Å²) in [4.78, 5) is 11.0. The van der Waals surface area contributed by atoms with Gasteiger partial charge in [-0.05, 0) is 42.3 Å². The first-order chi connectivity index (χ1) is 9.01. The van der Waals surface area contributed by atoms with Gasteiger partial charge < -0.3 is 9.84 Å². The van der Waals surface area contributed by atoms with Gasteiger partial charge in [0, 0.05) is 11.6 Å². The van der Waals surface area contributed by atoms with Crippen LogP contribution in [0.15, 0.2) is 36.4 Å². The second kappa shape index (κ2) is 5.10. The summed E-state index contributed by atoms with van der Waals surface area (Å²) in [7, 11) is 1.46. The van der Waals surface area contributed by atoms with Gasteiger partial charge in [0.1, 0.15) is 11.6 Å². The van der Waals surface area contributed by atoms with Gasteiger partial charge in [0.25, 0.3) is 0 Å². The van der Waals surface area contributed by atoms with E-state index in [9.17, 15) is 9.18 Å². The first kappa shape index (κ1) is 13.1. The first-order valence-corrected chi connectivity index (χ1v) is 5.70. The monoisotopic (exact) mass is 260 g/mol. The Morgan fingerprint density at radius 3 is 2.53 bits per heavy atom. The van der Waals surface area contributed by atoms with E-state index >= 15 is 0 Å². The van der Waals surface area contributed by atoms with Crippen LogP contribution in [0.1, 0.15) is 15.9 Å². The third-order valence-corrected chi connectivity index (χ3v) is 2.81. The van der Waals surface area contributed by atoms with Crippen molar-refractivity contribution in [3.8, 4) is 16.9 Å². The third kappa shape index (κ3) is 2.73. The zero-order chi connectivity index (χ0) is 14.0. The summed E-state index contributed by atoms with van der Waals surface area (Å²) < 4.78 is 18.9. The van der Waals surface area contributed by atoms with Crippen LogP contribution < -0.4 is 4.74 Å². The van der Waals surface area contributed by atoms with Gasteiger partial charge in [0.15, 0.2) is 0 Å². The van der Waals surface area contributed by atoms with E-state index in [4.69, 9.17) is 9.84 Å². The number of aryl methyl sites for hydroxylation is 1. The highest BCUT2D eigenvalue weighted by Gasteiger charge is 2.10. The lowest BCUT2D eigenvalue weighted by atomic mass is 10.00. The summed E-state index contributed by atoms with van der Waals surface area (Å²) in [6, 6.07) is 9.25. The summed E-state index contributed by atoms with van der Waals surface area (Å²) in [5, 5.41) is 9.02. The van der Waals surface area contributed by atoms with Gasteiger partial charge >= 0.3 is 5.97 Å². The SMILES string of the molecule is COc1ccc(-c2cc(C)cc(C(=O)O)c2)c(F)c1. The maximum atomic E-state index is 14.0. The Balaban J connectivity index is 2.55. The largest absolute Gasteiger partial charge is 0.497 e. The number of carbonyl (C=O) groups is 1. The minimum Gasteiger partial charge on any atom is -0.497 e. The number of methoxy groups -OCH3 is 1. The van der Waals surface area contributed by atoms with Crippen molar-refractivity contribution in [3.05, 3.63) is 53.3 Å². The van der Waals surface area contributed by atoms with E-state index in [-0.39, 0.29) is 5.56 Å². The average Bonchev–Trinajstić information content (AvgIpc) is 2.37. The number of ether oxygens (including phenoxy) is 1. The van der Waals surface area contributed by atoms with E-state index in [1.54, 1.807) is 31.2 Å². The topological polar surface area (TPSA) is 46.5 Å². The molecule has 0 atom stereocenters. The molecule has 2 aromatic carbocycles. The van der Waals surface area contributed by atoms with Crippen molar-refractivity contribution in [1.29, 1.82) is 0 Å². The molecule has 0 heterocycles. The molecule has 1 N–H and O–H groups in total. The van der Waals surface area contributed by atoms with Gasteiger partial charge in [-0.15, -0.1) is 0 Å². The fourth-order valence-electron chi connectivity index (χ4n) is 1.92. The van der Waals surface area contributed by atoms with Crippen LogP contribution in [-0.2, 0) is 0 Å². The molecule has 0 saturated heterocycles. The Kier molecular flexibility index (Phi) is 3.51. The van der Waals surface area contributed by atoms with Crippen molar-refractivity contribution in [2.75, 3.05) is 7.11 Å². The summed E-state index contributed by atoms with van der Waals surface area (Å²) in [5.41, 5.74) is 1.81. The van der Waals surface area contributed by atoms with Gasteiger partial charge in [0.2, 0.25) is 0 Å². The Morgan fingerprint density at radius 2 is 1.95 bits per heavy atom. The maximum Gasteiger partial charge on any atom is 0.335 e. The molecule has 0 aliphatic carbocycles. The van der Waals surface area contributed by atoms with Gasteiger partial charge in [-0.3, -0.25) is 0 Å². The van der Waals surface area contributed by atoms with Crippen molar-refractivity contribution < 1.29 is 19.0 Å². The molecule has 0 unspecified atom stereocenters.